The molecule has 25 heteroatoms. The second kappa shape index (κ2) is 30.9. The lowest BCUT2D eigenvalue weighted by Gasteiger charge is -2.29. The molecule has 0 spiro atoms. The molecule has 1 aromatic heterocycles. The number of aromatic nitrogens is 1. The van der Waals surface area contributed by atoms with Crippen molar-refractivity contribution in [2.75, 3.05) is 26.2 Å². The Morgan fingerprint density at radius 2 is 1.22 bits per heavy atom. The minimum absolute atomic E-state index is 0.00543. The van der Waals surface area contributed by atoms with E-state index in [1.807, 2.05) is 52.0 Å². The number of carbonyl (C=O) groups is 8. The van der Waals surface area contributed by atoms with Gasteiger partial charge in [0.05, 0.1) is 6.04 Å². The van der Waals surface area contributed by atoms with Crippen LogP contribution in [0.3, 0.4) is 0 Å². The number of H-pyrrole nitrogens is 1. The number of carboxylic acid groups (broad SMARTS) is 1. The average Bonchev–Trinajstić information content (AvgIpc) is 4.00. The number of fused-ring (bicyclic) bond motifs is 1. The Morgan fingerprint density at radius 1 is 0.689 bits per heavy atom. The standard InChI is InChI=1S/C49H82N16O9/c1-27(2)23-36(64-45(71)39-18-12-22-65(39)46(72)32(51)14-10-20-56-48(52)53)42(68)59-29(5)40(66)62-37(24-28(3)4)43(69)63-38(25-30-26-58-33-15-7-6-13-31(30)33)44(70)60-34(17-11-21-57-49(54)55)41(67)61-35(47(73)74)16-8-9-19-50/h6-7,13,15,26-29,32,34-39,58H,8-12,14,16-25,50-51H2,1-5H3,(H,59,68)(H,60,70)(H,61,67)(H,62,66)(H,63,69)(H,64,71)(H,73,74)(H4,52,53,56)(H4,54,55,57)/t29-,32-,34-,35-,36-,37-,38-,39-/m0/s1. The molecule has 1 aliphatic heterocycles. The molecular formula is C49H82N16O9. The van der Waals surface area contributed by atoms with E-state index in [4.69, 9.17) is 33.8 Å². The van der Waals surface area contributed by atoms with Gasteiger partial charge in [0.1, 0.15) is 42.3 Å². The SMILES string of the molecule is CC(C)C[C@H](NC(=O)[C@H](C)NC(=O)[C@H](CC(C)C)NC(=O)[C@@H]1CCCN1C(=O)[C@@H](N)CCCNC(=N)N)C(=O)N[C@@H](Cc1c[nH]c2ccccc12)C(=O)N[C@@H](CCCNC(=N)N)C(=O)N[C@@H](CCCCN)C(=O)O. The van der Waals surface area contributed by atoms with Crippen LogP contribution in [-0.2, 0) is 44.8 Å². The summed E-state index contributed by atoms with van der Waals surface area (Å²) in [5, 5.41) is 47.0. The van der Waals surface area contributed by atoms with Crippen LogP contribution in [0.2, 0.25) is 0 Å². The number of likely N-dealkylation sites (tertiary alicyclic amines) is 1. The predicted octanol–water partition coefficient (Wildman–Crippen LogP) is -1.21. The Bertz CT molecular complexity index is 2240. The lowest BCUT2D eigenvalue weighted by atomic mass is 10.00. The summed E-state index contributed by atoms with van der Waals surface area (Å²) in [4.78, 5) is 114. The highest BCUT2D eigenvalue weighted by atomic mass is 16.4. The van der Waals surface area contributed by atoms with Crippen LogP contribution in [0.4, 0.5) is 0 Å². The van der Waals surface area contributed by atoms with Crippen molar-refractivity contribution >= 4 is 70.1 Å². The maximum Gasteiger partial charge on any atom is 0.326 e. The number of benzene rings is 1. The summed E-state index contributed by atoms with van der Waals surface area (Å²) in [5.74, 6) is -6.67. The molecule has 7 amide bonds. The van der Waals surface area contributed by atoms with Gasteiger partial charge in [-0.1, -0.05) is 45.9 Å². The highest BCUT2D eigenvalue weighted by Gasteiger charge is 2.39. The van der Waals surface area contributed by atoms with Crippen molar-refractivity contribution in [1.29, 1.82) is 10.8 Å². The molecule has 0 unspecified atom stereocenters. The Kier molecular flexibility index (Phi) is 25.6. The number of aliphatic carboxylic acids is 1. The van der Waals surface area contributed by atoms with Crippen molar-refractivity contribution in [3.05, 3.63) is 36.0 Å². The molecule has 2 heterocycles. The number of nitrogens with one attached hydrogen (secondary N) is 11. The first kappa shape index (κ1) is 61.3. The number of amides is 7. The molecule has 1 aliphatic rings. The third-order valence-corrected chi connectivity index (χ3v) is 12.5. The number of carboxylic acids is 1. The van der Waals surface area contributed by atoms with Crippen molar-refractivity contribution in [3.8, 4) is 0 Å². The number of hydrogen-bond donors (Lipinski definition) is 16. The van der Waals surface area contributed by atoms with Crippen LogP contribution in [0.1, 0.15) is 111 Å². The summed E-state index contributed by atoms with van der Waals surface area (Å²) < 4.78 is 0. The van der Waals surface area contributed by atoms with Crippen LogP contribution in [-0.4, -0.2) is 149 Å². The monoisotopic (exact) mass is 1040 g/mol. The molecule has 74 heavy (non-hydrogen) atoms. The third kappa shape index (κ3) is 20.5. The van der Waals surface area contributed by atoms with Crippen molar-refractivity contribution in [1.82, 2.24) is 52.4 Å². The quantitative estimate of drug-likeness (QED) is 0.0232. The molecule has 3 rings (SSSR count). The summed E-state index contributed by atoms with van der Waals surface area (Å²) in [6.07, 6.45) is 4.85. The lowest BCUT2D eigenvalue weighted by Crippen LogP contribution is -2.60. The highest BCUT2D eigenvalue weighted by Crippen LogP contribution is 2.22. The second-order valence-corrected chi connectivity index (χ2v) is 19.7. The molecule has 1 aromatic carbocycles. The zero-order valence-corrected chi connectivity index (χ0v) is 43.4. The Hall–Kier alpha value is -7.02. The van der Waals surface area contributed by atoms with E-state index in [1.54, 1.807) is 6.20 Å². The summed E-state index contributed by atoms with van der Waals surface area (Å²) in [5.41, 5.74) is 24.0. The molecule has 8 atom stereocenters. The molecule has 20 N–H and O–H groups in total. The fourth-order valence-corrected chi connectivity index (χ4v) is 8.63. The average molecular weight is 1040 g/mol. The molecular weight excluding hydrogens is 957 g/mol. The summed E-state index contributed by atoms with van der Waals surface area (Å²) in [6, 6.07) is -1.89. The Morgan fingerprint density at radius 3 is 1.82 bits per heavy atom. The normalized spacial score (nSPS) is 16.2. The van der Waals surface area contributed by atoms with E-state index in [1.165, 1.54) is 11.8 Å². The van der Waals surface area contributed by atoms with Gasteiger partial charge in [-0.3, -0.25) is 44.4 Å². The molecule has 25 nitrogen and oxygen atoms in total. The summed E-state index contributed by atoms with van der Waals surface area (Å²) >= 11 is 0. The van der Waals surface area contributed by atoms with E-state index < -0.39 is 95.7 Å². The van der Waals surface area contributed by atoms with Crippen LogP contribution in [0.5, 0.6) is 0 Å². The second-order valence-electron chi connectivity index (χ2n) is 19.7. The van der Waals surface area contributed by atoms with Gasteiger partial charge < -0.3 is 80.5 Å². The number of nitrogens with zero attached hydrogens (tertiary/aromatic N) is 1. The molecule has 2 aromatic rings. The maximum atomic E-state index is 14.5. The zero-order valence-electron chi connectivity index (χ0n) is 43.4. The van der Waals surface area contributed by atoms with Gasteiger partial charge >= 0.3 is 5.97 Å². The fourth-order valence-electron chi connectivity index (χ4n) is 8.63. The van der Waals surface area contributed by atoms with Crippen LogP contribution < -0.4 is 65.5 Å². The number of rotatable bonds is 32. The van der Waals surface area contributed by atoms with Crippen LogP contribution in [0.15, 0.2) is 30.5 Å². The smallest absolute Gasteiger partial charge is 0.326 e. The molecule has 412 valence electrons. The van der Waals surface area contributed by atoms with E-state index in [9.17, 15) is 43.5 Å². The number of aromatic amines is 1. The van der Waals surface area contributed by atoms with Gasteiger partial charge in [0.25, 0.3) is 0 Å². The highest BCUT2D eigenvalue weighted by molar-refractivity contribution is 5.98. The molecule has 0 radical (unpaired) electrons. The first-order valence-corrected chi connectivity index (χ1v) is 25.5. The van der Waals surface area contributed by atoms with Gasteiger partial charge in [0, 0.05) is 43.2 Å². The van der Waals surface area contributed by atoms with Gasteiger partial charge in [-0.15, -0.1) is 0 Å². The van der Waals surface area contributed by atoms with Crippen LogP contribution in [0.25, 0.3) is 10.9 Å². The number of guanidine groups is 2. The van der Waals surface area contributed by atoms with Crippen LogP contribution in [0, 0.1) is 22.7 Å². The molecule has 0 saturated carbocycles. The Labute approximate surface area is 432 Å². The van der Waals surface area contributed by atoms with Crippen LogP contribution >= 0.6 is 0 Å². The number of hydrogen-bond acceptors (Lipinski definition) is 12. The first-order valence-electron chi connectivity index (χ1n) is 25.5. The molecule has 0 aliphatic carbocycles. The number of unbranched alkanes of at least 4 members (excludes halogenated alkanes) is 1. The molecule has 1 saturated heterocycles. The van der Waals surface area contributed by atoms with Gasteiger partial charge in [-0.2, -0.15) is 0 Å². The predicted molar refractivity (Wildman–Crippen MR) is 280 cm³/mol. The minimum atomic E-state index is -1.34. The Balaban J connectivity index is 1.83. The maximum absolute atomic E-state index is 14.5. The van der Waals surface area contributed by atoms with Crippen molar-refractivity contribution in [2.24, 2.45) is 34.8 Å². The van der Waals surface area contributed by atoms with Crippen molar-refractivity contribution < 1.29 is 43.5 Å². The summed E-state index contributed by atoms with van der Waals surface area (Å²) in [7, 11) is 0. The summed E-state index contributed by atoms with van der Waals surface area (Å²) in [6.45, 7) is 9.96. The van der Waals surface area contributed by atoms with Gasteiger partial charge in [-0.05, 0) is 108 Å². The number of para-hydroxylation sites is 1. The van der Waals surface area contributed by atoms with Crippen molar-refractivity contribution in [2.45, 2.75) is 160 Å². The van der Waals surface area contributed by atoms with Gasteiger partial charge in [0.2, 0.25) is 41.4 Å². The number of nitrogens with two attached hydrogens (primary N) is 4. The van der Waals surface area contributed by atoms with E-state index in [0.717, 1.165) is 10.9 Å². The first-order chi connectivity index (χ1) is 35.0. The topological polar surface area (TPSA) is 424 Å². The largest absolute Gasteiger partial charge is 0.480 e. The van der Waals surface area contributed by atoms with E-state index in [2.05, 4.69) is 47.5 Å². The van der Waals surface area contributed by atoms with Gasteiger partial charge in [0.15, 0.2) is 11.9 Å². The minimum Gasteiger partial charge on any atom is -0.480 e. The van der Waals surface area contributed by atoms with Crippen molar-refractivity contribution in [3.63, 3.8) is 0 Å². The third-order valence-electron chi connectivity index (χ3n) is 12.5. The zero-order chi connectivity index (χ0) is 55.1. The lowest BCUT2D eigenvalue weighted by molar-refractivity contribution is -0.142. The molecule has 0 bridgehead atoms. The fraction of sp³-hybridized carbons (Fsp3) is 0.633. The van der Waals surface area contributed by atoms with Gasteiger partial charge in [-0.25, -0.2) is 4.79 Å². The van der Waals surface area contributed by atoms with E-state index in [0.29, 0.717) is 63.7 Å². The molecule has 1 fully saturated rings. The number of carbonyl (C=O) groups excluding carboxylic acids is 7. The van der Waals surface area contributed by atoms with E-state index >= 15 is 0 Å². The van der Waals surface area contributed by atoms with E-state index in [-0.39, 0.29) is 68.8 Å².